The van der Waals surface area contributed by atoms with Crippen LogP contribution in [0.2, 0.25) is 0 Å². The van der Waals surface area contributed by atoms with Crippen molar-refractivity contribution in [1.29, 1.82) is 0 Å². The van der Waals surface area contributed by atoms with Crippen LogP contribution in [-0.2, 0) is 11.3 Å². The molecule has 0 radical (unpaired) electrons. The third-order valence-corrected chi connectivity index (χ3v) is 3.97. The van der Waals surface area contributed by atoms with Gasteiger partial charge in [0.05, 0.1) is 4.47 Å². The Balaban J connectivity index is 1.78. The van der Waals surface area contributed by atoms with Gasteiger partial charge in [-0.25, -0.2) is 0 Å². The van der Waals surface area contributed by atoms with Gasteiger partial charge in [-0.3, -0.25) is 4.79 Å². The largest absolute Gasteiger partial charge is 0.483 e. The van der Waals surface area contributed by atoms with Crippen LogP contribution in [0.3, 0.4) is 0 Å². The fourth-order valence-electron chi connectivity index (χ4n) is 1.87. The second-order valence-corrected chi connectivity index (χ2v) is 6.69. The molecule has 2 rings (SSSR count). The van der Waals surface area contributed by atoms with E-state index in [9.17, 15) is 4.79 Å². The van der Waals surface area contributed by atoms with Gasteiger partial charge in [0.15, 0.2) is 6.61 Å². The van der Waals surface area contributed by atoms with Gasteiger partial charge in [0.1, 0.15) is 5.75 Å². The summed E-state index contributed by atoms with van der Waals surface area (Å²) >= 11 is 3.49. The molecule has 0 aromatic heterocycles. The summed E-state index contributed by atoms with van der Waals surface area (Å²) in [6.07, 6.45) is 2.47. The molecule has 5 heteroatoms. The summed E-state index contributed by atoms with van der Waals surface area (Å²) in [6.45, 7) is 5.90. The molecule has 4 nitrogen and oxygen atoms in total. The molecule has 1 saturated carbocycles. The molecule has 2 N–H and O–H groups in total. The molecule has 0 bridgehead atoms. The molecule has 1 aliphatic carbocycles. The molecule has 0 aliphatic heterocycles. The van der Waals surface area contributed by atoms with Crippen LogP contribution in [0.25, 0.3) is 0 Å². The Bertz CT molecular complexity index is 487. The van der Waals surface area contributed by atoms with E-state index in [2.05, 4.69) is 40.4 Å². The minimum Gasteiger partial charge on any atom is -0.483 e. The van der Waals surface area contributed by atoms with E-state index < -0.39 is 0 Å². The maximum atomic E-state index is 11.6. The maximum Gasteiger partial charge on any atom is 0.257 e. The summed E-state index contributed by atoms with van der Waals surface area (Å²) in [5.74, 6) is 1.33. The van der Waals surface area contributed by atoms with Gasteiger partial charge in [0, 0.05) is 19.1 Å². The van der Waals surface area contributed by atoms with Crippen molar-refractivity contribution in [2.75, 3.05) is 13.2 Å². The van der Waals surface area contributed by atoms with Crippen LogP contribution in [0.1, 0.15) is 32.3 Å². The summed E-state index contributed by atoms with van der Waals surface area (Å²) in [5.41, 5.74) is 1.18. The van der Waals surface area contributed by atoms with Crippen molar-refractivity contribution < 1.29 is 9.53 Å². The van der Waals surface area contributed by atoms with Crippen LogP contribution < -0.4 is 15.4 Å². The van der Waals surface area contributed by atoms with Crippen LogP contribution >= 0.6 is 15.9 Å². The number of benzene rings is 1. The molecule has 21 heavy (non-hydrogen) atoms. The topological polar surface area (TPSA) is 50.4 Å². The lowest BCUT2D eigenvalue weighted by Crippen LogP contribution is -2.30. The first-order valence-corrected chi connectivity index (χ1v) is 8.25. The Morgan fingerprint density at radius 1 is 1.43 bits per heavy atom. The zero-order valence-electron chi connectivity index (χ0n) is 12.6. The van der Waals surface area contributed by atoms with Crippen LogP contribution in [0, 0.1) is 5.92 Å². The Morgan fingerprint density at radius 2 is 2.19 bits per heavy atom. The predicted molar refractivity (Wildman–Crippen MR) is 87.3 cm³/mol. The molecule has 0 spiro atoms. The van der Waals surface area contributed by atoms with Crippen molar-refractivity contribution >= 4 is 21.8 Å². The quantitative estimate of drug-likeness (QED) is 0.754. The number of ether oxygens (including phenoxy) is 1. The van der Waals surface area contributed by atoms with Gasteiger partial charge >= 0.3 is 0 Å². The third-order valence-electron chi connectivity index (χ3n) is 3.35. The van der Waals surface area contributed by atoms with Crippen molar-refractivity contribution in [1.82, 2.24) is 10.6 Å². The molecule has 116 valence electrons. The van der Waals surface area contributed by atoms with Crippen LogP contribution in [0.4, 0.5) is 0 Å². The van der Waals surface area contributed by atoms with Gasteiger partial charge in [-0.1, -0.05) is 19.9 Å². The lowest BCUT2D eigenvalue weighted by Gasteiger charge is -2.11. The molecule has 1 fully saturated rings. The molecule has 1 aromatic rings. The van der Waals surface area contributed by atoms with Gasteiger partial charge in [0.2, 0.25) is 0 Å². The Kier molecular flexibility index (Phi) is 6.06. The minimum absolute atomic E-state index is 0.0562. The van der Waals surface area contributed by atoms with Crippen LogP contribution in [-0.4, -0.2) is 25.1 Å². The first-order chi connectivity index (χ1) is 10.0. The van der Waals surface area contributed by atoms with E-state index in [1.54, 1.807) is 0 Å². The molecular weight excluding hydrogens is 332 g/mol. The summed E-state index contributed by atoms with van der Waals surface area (Å²) in [5, 5.41) is 6.26. The third kappa shape index (κ3) is 6.06. The van der Waals surface area contributed by atoms with E-state index in [1.165, 1.54) is 18.4 Å². The first-order valence-electron chi connectivity index (χ1n) is 7.46. The van der Waals surface area contributed by atoms with E-state index in [0.717, 1.165) is 17.6 Å². The standard InChI is InChI=1S/C16H23BrN2O2/c1-11(2)18-9-13-5-6-15(14(17)7-13)21-10-16(20)19-8-12-3-4-12/h5-7,11-12,18H,3-4,8-10H2,1-2H3,(H,19,20). The van der Waals surface area contributed by atoms with Gasteiger partial charge in [-0.05, 0) is 52.4 Å². The van der Waals surface area contributed by atoms with Gasteiger partial charge in [-0.2, -0.15) is 0 Å². The zero-order chi connectivity index (χ0) is 15.2. The number of hydrogen-bond donors (Lipinski definition) is 2. The number of carbonyl (C=O) groups is 1. The second-order valence-electron chi connectivity index (χ2n) is 5.84. The summed E-state index contributed by atoms with van der Waals surface area (Å²) in [6, 6.07) is 6.38. The molecule has 0 atom stereocenters. The zero-order valence-corrected chi connectivity index (χ0v) is 14.2. The Morgan fingerprint density at radius 3 is 2.81 bits per heavy atom. The lowest BCUT2D eigenvalue weighted by atomic mass is 10.2. The van der Waals surface area contributed by atoms with Crippen LogP contribution in [0.5, 0.6) is 5.75 Å². The highest BCUT2D eigenvalue weighted by atomic mass is 79.9. The first kappa shape index (κ1) is 16.3. The van der Waals surface area contributed by atoms with Crippen LogP contribution in [0.15, 0.2) is 22.7 Å². The number of nitrogens with one attached hydrogen (secondary N) is 2. The Hall–Kier alpha value is -1.07. The molecule has 0 unspecified atom stereocenters. The predicted octanol–water partition coefficient (Wildman–Crippen LogP) is 2.85. The number of hydrogen-bond acceptors (Lipinski definition) is 3. The highest BCUT2D eigenvalue weighted by Gasteiger charge is 2.21. The van der Waals surface area contributed by atoms with E-state index >= 15 is 0 Å². The van der Waals surface area contributed by atoms with Crippen molar-refractivity contribution in [2.45, 2.75) is 39.3 Å². The highest BCUT2D eigenvalue weighted by Crippen LogP contribution is 2.28. The van der Waals surface area contributed by atoms with E-state index in [1.807, 2.05) is 18.2 Å². The van der Waals surface area contributed by atoms with Crippen molar-refractivity contribution in [3.63, 3.8) is 0 Å². The Labute approximate surface area is 134 Å². The summed E-state index contributed by atoms with van der Waals surface area (Å²) in [4.78, 5) is 11.6. The molecule has 1 aromatic carbocycles. The normalized spacial score (nSPS) is 14.3. The van der Waals surface area contributed by atoms with E-state index in [0.29, 0.717) is 17.7 Å². The number of rotatable bonds is 8. The number of carbonyl (C=O) groups excluding carboxylic acids is 1. The molecule has 0 heterocycles. The van der Waals surface area contributed by atoms with E-state index in [-0.39, 0.29) is 12.5 Å². The number of amides is 1. The second kappa shape index (κ2) is 7.80. The van der Waals surface area contributed by atoms with Gasteiger partial charge < -0.3 is 15.4 Å². The molecular formula is C16H23BrN2O2. The SMILES string of the molecule is CC(C)NCc1ccc(OCC(=O)NCC2CC2)c(Br)c1. The average molecular weight is 355 g/mol. The van der Waals surface area contributed by atoms with E-state index in [4.69, 9.17) is 4.74 Å². The summed E-state index contributed by atoms with van der Waals surface area (Å²) < 4.78 is 6.43. The van der Waals surface area contributed by atoms with Crippen molar-refractivity contribution in [3.8, 4) is 5.75 Å². The smallest absolute Gasteiger partial charge is 0.257 e. The fourth-order valence-corrected chi connectivity index (χ4v) is 2.41. The average Bonchev–Trinajstić information content (AvgIpc) is 3.26. The molecule has 0 saturated heterocycles. The molecule has 1 aliphatic rings. The highest BCUT2D eigenvalue weighted by molar-refractivity contribution is 9.10. The fraction of sp³-hybridized carbons (Fsp3) is 0.562. The number of halogens is 1. The van der Waals surface area contributed by atoms with Crippen molar-refractivity contribution in [2.24, 2.45) is 5.92 Å². The maximum absolute atomic E-state index is 11.6. The van der Waals surface area contributed by atoms with Crippen molar-refractivity contribution in [3.05, 3.63) is 28.2 Å². The summed E-state index contributed by atoms with van der Waals surface area (Å²) in [7, 11) is 0. The monoisotopic (exact) mass is 354 g/mol. The van der Waals surface area contributed by atoms with Gasteiger partial charge in [-0.15, -0.1) is 0 Å². The molecule has 1 amide bonds. The minimum atomic E-state index is -0.0562. The lowest BCUT2D eigenvalue weighted by molar-refractivity contribution is -0.123. The van der Waals surface area contributed by atoms with Gasteiger partial charge in [0.25, 0.3) is 5.91 Å².